The van der Waals surface area contributed by atoms with Crippen molar-refractivity contribution in [1.82, 2.24) is 10.3 Å². The molecule has 0 spiro atoms. The van der Waals surface area contributed by atoms with Gasteiger partial charge in [0.05, 0.1) is 0 Å². The van der Waals surface area contributed by atoms with E-state index in [1.807, 2.05) is 0 Å². The molecule has 0 bridgehead atoms. The summed E-state index contributed by atoms with van der Waals surface area (Å²) in [7, 11) is 0. The minimum atomic E-state index is -4.27. The number of hydrogen-bond acceptors (Lipinski definition) is 4. The maximum absolute atomic E-state index is 12.8. The van der Waals surface area contributed by atoms with Gasteiger partial charge in [-0.2, -0.15) is 13.2 Å². The van der Waals surface area contributed by atoms with Crippen molar-refractivity contribution >= 4 is 5.84 Å². The highest BCUT2D eigenvalue weighted by atomic mass is 19.4. The van der Waals surface area contributed by atoms with Crippen LogP contribution in [0.5, 0.6) is 0 Å². The van der Waals surface area contributed by atoms with E-state index < -0.39 is 11.7 Å². The molecule has 1 aliphatic carbocycles. The van der Waals surface area contributed by atoms with Gasteiger partial charge >= 0.3 is 6.18 Å². The van der Waals surface area contributed by atoms with Crippen molar-refractivity contribution in [3.63, 3.8) is 0 Å². The van der Waals surface area contributed by atoms with Crippen molar-refractivity contribution in [3.05, 3.63) is 29.6 Å². The van der Waals surface area contributed by atoms with Gasteiger partial charge in [0.25, 0.3) is 0 Å². The number of halogens is 3. The van der Waals surface area contributed by atoms with Crippen molar-refractivity contribution in [2.75, 3.05) is 0 Å². The first-order valence-electron chi connectivity index (χ1n) is 5.63. The van der Waals surface area contributed by atoms with E-state index in [9.17, 15) is 13.2 Å². The number of aromatic nitrogens is 1. The lowest BCUT2D eigenvalue weighted by atomic mass is 10.1. The Labute approximate surface area is 107 Å². The van der Waals surface area contributed by atoms with Crippen LogP contribution < -0.4 is 11.1 Å². The van der Waals surface area contributed by atoms with Gasteiger partial charge in [0.15, 0.2) is 5.84 Å². The third-order valence-corrected chi connectivity index (χ3v) is 3.15. The van der Waals surface area contributed by atoms with E-state index in [0.29, 0.717) is 5.56 Å². The number of hydrogen-bond donors (Lipinski definition) is 3. The summed E-state index contributed by atoms with van der Waals surface area (Å²) in [6.45, 7) is -0.0428. The van der Waals surface area contributed by atoms with Crippen LogP contribution in [0.4, 0.5) is 13.2 Å². The summed E-state index contributed by atoms with van der Waals surface area (Å²) < 4.78 is 38.3. The molecule has 1 fully saturated rings. The predicted molar refractivity (Wildman–Crippen MR) is 61.6 cm³/mol. The molecule has 19 heavy (non-hydrogen) atoms. The van der Waals surface area contributed by atoms with Crippen LogP contribution in [0.2, 0.25) is 0 Å². The Hall–Kier alpha value is -1.83. The van der Waals surface area contributed by atoms with Gasteiger partial charge in [-0.05, 0) is 24.5 Å². The second kappa shape index (κ2) is 4.69. The summed E-state index contributed by atoms with van der Waals surface area (Å²) in [5.74, 6) is -0.228. The first-order valence-corrected chi connectivity index (χ1v) is 5.63. The number of rotatable bonds is 4. The lowest BCUT2D eigenvalue weighted by Crippen LogP contribution is -2.44. The Bertz CT molecular complexity index is 497. The lowest BCUT2D eigenvalue weighted by Gasteiger charge is -2.21. The molecular weight excluding hydrogens is 261 g/mol. The van der Waals surface area contributed by atoms with E-state index in [2.05, 4.69) is 15.5 Å². The molecule has 1 aromatic rings. The zero-order valence-corrected chi connectivity index (χ0v) is 9.91. The molecule has 1 saturated carbocycles. The average molecular weight is 274 g/mol. The first-order chi connectivity index (χ1) is 8.89. The molecule has 4 N–H and O–H groups in total. The minimum absolute atomic E-state index is 0.0428. The summed E-state index contributed by atoms with van der Waals surface area (Å²) in [6.07, 6.45) is -2.72. The van der Waals surface area contributed by atoms with Crippen molar-refractivity contribution in [2.24, 2.45) is 10.9 Å². The van der Waals surface area contributed by atoms with E-state index in [1.165, 1.54) is 6.20 Å². The van der Waals surface area contributed by atoms with E-state index in [0.717, 1.165) is 0 Å². The van der Waals surface area contributed by atoms with Gasteiger partial charge in [-0.1, -0.05) is 11.2 Å². The van der Waals surface area contributed by atoms with Crippen molar-refractivity contribution in [3.8, 4) is 0 Å². The van der Waals surface area contributed by atoms with E-state index in [-0.39, 0.29) is 30.9 Å². The summed E-state index contributed by atoms with van der Waals surface area (Å²) >= 11 is 0. The fourth-order valence-corrected chi connectivity index (χ4v) is 1.81. The maximum Gasteiger partial charge on any atom is 0.406 e. The molecular formula is C11H13F3N4O. The molecule has 0 aromatic carbocycles. The minimum Gasteiger partial charge on any atom is -0.409 e. The average Bonchev–Trinajstić information content (AvgIpc) is 3.16. The second-order valence-corrected chi connectivity index (χ2v) is 4.43. The Balaban J connectivity index is 2.13. The standard InChI is InChI=1S/C11H13F3N4O/c12-11(13,14)10(3-4-10)17-6-7-2-1-5-16-8(7)9(15)18-19/h1-2,5,17,19H,3-4,6H2,(H2,15,18). The van der Waals surface area contributed by atoms with Crippen LogP contribution in [0, 0.1) is 0 Å². The SMILES string of the molecule is N/C(=N/O)c1ncccc1CNC1(C(F)(F)F)CC1. The molecule has 0 amide bonds. The van der Waals surface area contributed by atoms with Gasteiger partial charge < -0.3 is 10.9 Å². The number of nitrogens with two attached hydrogens (primary N) is 1. The molecule has 0 atom stereocenters. The van der Waals surface area contributed by atoms with Gasteiger partial charge in [0.1, 0.15) is 11.2 Å². The molecule has 0 saturated heterocycles. The van der Waals surface area contributed by atoms with Crippen LogP contribution in [0.3, 0.4) is 0 Å². The van der Waals surface area contributed by atoms with Crippen LogP contribution in [-0.2, 0) is 6.54 Å². The topological polar surface area (TPSA) is 83.5 Å². The highest BCUT2D eigenvalue weighted by Crippen LogP contribution is 2.49. The number of nitrogens with one attached hydrogen (secondary N) is 1. The number of amidine groups is 1. The summed E-state index contributed by atoms with van der Waals surface area (Å²) in [4.78, 5) is 3.90. The zero-order valence-electron chi connectivity index (χ0n) is 9.91. The smallest absolute Gasteiger partial charge is 0.406 e. The third kappa shape index (κ3) is 2.62. The molecule has 8 heteroatoms. The maximum atomic E-state index is 12.8. The molecule has 0 aliphatic heterocycles. The van der Waals surface area contributed by atoms with Crippen molar-refractivity contribution in [1.29, 1.82) is 0 Å². The molecule has 0 unspecified atom stereocenters. The summed E-state index contributed by atoms with van der Waals surface area (Å²) in [5.41, 5.74) is 4.25. The molecule has 1 aliphatic rings. The van der Waals surface area contributed by atoms with Crippen LogP contribution in [0.1, 0.15) is 24.1 Å². The molecule has 1 heterocycles. The monoisotopic (exact) mass is 274 g/mol. The Morgan fingerprint density at radius 3 is 2.74 bits per heavy atom. The van der Waals surface area contributed by atoms with Crippen LogP contribution >= 0.6 is 0 Å². The molecule has 104 valence electrons. The third-order valence-electron chi connectivity index (χ3n) is 3.15. The summed E-state index contributed by atoms with van der Waals surface area (Å²) in [5, 5.41) is 13.9. The van der Waals surface area contributed by atoms with E-state index in [4.69, 9.17) is 10.9 Å². The van der Waals surface area contributed by atoms with Crippen molar-refractivity contribution < 1.29 is 18.4 Å². The quantitative estimate of drug-likeness (QED) is 0.335. The van der Waals surface area contributed by atoms with Gasteiger partial charge in [0, 0.05) is 12.7 Å². The van der Waals surface area contributed by atoms with Crippen LogP contribution in [-0.4, -0.2) is 27.7 Å². The lowest BCUT2D eigenvalue weighted by molar-refractivity contribution is -0.166. The van der Waals surface area contributed by atoms with Crippen molar-refractivity contribution in [2.45, 2.75) is 31.1 Å². The Kier molecular flexibility index (Phi) is 3.36. The number of oxime groups is 1. The number of alkyl halides is 3. The number of nitrogens with zero attached hydrogens (tertiary/aromatic N) is 2. The Morgan fingerprint density at radius 2 is 2.21 bits per heavy atom. The first kappa shape index (κ1) is 13.6. The largest absolute Gasteiger partial charge is 0.409 e. The van der Waals surface area contributed by atoms with E-state index >= 15 is 0 Å². The fraction of sp³-hybridized carbons (Fsp3) is 0.455. The number of pyridine rings is 1. The summed E-state index contributed by atoms with van der Waals surface area (Å²) in [6, 6.07) is 3.16. The molecule has 1 aromatic heterocycles. The second-order valence-electron chi connectivity index (χ2n) is 4.43. The highest BCUT2D eigenvalue weighted by Gasteiger charge is 2.62. The zero-order chi connectivity index (χ0) is 14.1. The highest BCUT2D eigenvalue weighted by molar-refractivity contribution is 5.96. The fourth-order valence-electron chi connectivity index (χ4n) is 1.81. The Morgan fingerprint density at radius 1 is 1.53 bits per heavy atom. The van der Waals surface area contributed by atoms with Gasteiger partial charge in [0.2, 0.25) is 0 Å². The normalized spacial score (nSPS) is 18.4. The molecule has 5 nitrogen and oxygen atoms in total. The van der Waals surface area contributed by atoms with Gasteiger partial charge in [-0.15, -0.1) is 0 Å². The van der Waals surface area contributed by atoms with Gasteiger partial charge in [-0.3, -0.25) is 10.3 Å². The van der Waals surface area contributed by atoms with Crippen LogP contribution in [0.25, 0.3) is 0 Å². The van der Waals surface area contributed by atoms with E-state index in [1.54, 1.807) is 12.1 Å². The molecule has 2 rings (SSSR count). The molecule has 0 radical (unpaired) electrons. The van der Waals surface area contributed by atoms with Gasteiger partial charge in [-0.25, -0.2) is 0 Å². The predicted octanol–water partition coefficient (Wildman–Crippen LogP) is 1.36. The van der Waals surface area contributed by atoms with Crippen LogP contribution in [0.15, 0.2) is 23.5 Å².